The van der Waals surface area contributed by atoms with Crippen molar-refractivity contribution in [1.82, 2.24) is 0 Å². The summed E-state index contributed by atoms with van der Waals surface area (Å²) >= 11 is 0. The highest BCUT2D eigenvalue weighted by Crippen LogP contribution is 2.35. The Morgan fingerprint density at radius 1 is 1.23 bits per heavy atom. The van der Waals surface area contributed by atoms with Crippen molar-refractivity contribution >= 4 is 18.0 Å². The minimum absolute atomic E-state index is 0.390. The van der Waals surface area contributed by atoms with Gasteiger partial charge in [0, 0.05) is 6.92 Å². The molecule has 0 saturated carbocycles. The minimum atomic E-state index is -1.35. The van der Waals surface area contributed by atoms with E-state index >= 15 is 0 Å². The van der Waals surface area contributed by atoms with E-state index in [0.29, 0.717) is 17.1 Å². The van der Waals surface area contributed by atoms with Crippen molar-refractivity contribution in [2.75, 3.05) is 0 Å². The Hall–Kier alpha value is -2.50. The lowest BCUT2D eigenvalue weighted by atomic mass is 10.1. The molecule has 1 N–H and O–H groups in total. The maximum Gasteiger partial charge on any atom is 0.346 e. The summed E-state index contributed by atoms with van der Waals surface area (Å²) in [6, 6.07) is 4.93. The first-order valence-corrected chi connectivity index (χ1v) is 6.81. The zero-order valence-corrected chi connectivity index (χ0v) is 12.9. The van der Waals surface area contributed by atoms with E-state index in [1.54, 1.807) is 45.9 Å². The zero-order valence-electron chi connectivity index (χ0n) is 12.9. The predicted molar refractivity (Wildman–Crippen MR) is 78.6 cm³/mol. The van der Waals surface area contributed by atoms with Crippen molar-refractivity contribution in [2.45, 2.75) is 39.6 Å². The van der Waals surface area contributed by atoms with Crippen molar-refractivity contribution in [3.05, 3.63) is 29.3 Å². The van der Waals surface area contributed by atoms with E-state index in [4.69, 9.17) is 14.2 Å². The largest absolute Gasteiger partial charge is 0.477 e. The van der Waals surface area contributed by atoms with Crippen LogP contribution in [0.3, 0.4) is 0 Å². The Balaban J connectivity index is 2.30. The number of fused-ring (bicyclic) bond motifs is 1. The number of carboxylic acids is 1. The summed E-state index contributed by atoms with van der Waals surface area (Å²) in [5.41, 5.74) is -0.697. The molecule has 1 aliphatic heterocycles. The molecule has 6 heteroatoms. The number of carbonyl (C=O) groups is 2. The van der Waals surface area contributed by atoms with Gasteiger partial charge in [-0.3, -0.25) is 0 Å². The van der Waals surface area contributed by atoms with Crippen LogP contribution in [0.15, 0.2) is 23.8 Å². The molecule has 0 radical (unpaired) electrons. The number of hydrogen-bond acceptors (Lipinski definition) is 5. The number of rotatable bonds is 3. The summed E-state index contributed by atoms with van der Waals surface area (Å²) in [6.45, 7) is 6.77. The van der Waals surface area contributed by atoms with Crippen molar-refractivity contribution in [2.24, 2.45) is 0 Å². The molecule has 0 fully saturated rings. The summed E-state index contributed by atoms with van der Waals surface area (Å²) in [4.78, 5) is 23.3. The molecule has 1 atom stereocenters. The third kappa shape index (κ3) is 3.78. The fourth-order valence-corrected chi connectivity index (χ4v) is 1.89. The Morgan fingerprint density at radius 3 is 2.45 bits per heavy atom. The van der Waals surface area contributed by atoms with Crippen LogP contribution in [0.5, 0.6) is 11.5 Å². The summed E-state index contributed by atoms with van der Waals surface area (Å²) in [7, 11) is 0. The van der Waals surface area contributed by atoms with Crippen LogP contribution in [0.25, 0.3) is 6.08 Å². The fourth-order valence-electron chi connectivity index (χ4n) is 1.89. The van der Waals surface area contributed by atoms with Gasteiger partial charge < -0.3 is 19.3 Å². The van der Waals surface area contributed by atoms with Gasteiger partial charge in [0.25, 0.3) is 0 Å². The molecule has 0 saturated heterocycles. The molecule has 0 aliphatic carbocycles. The zero-order chi connectivity index (χ0) is 16.5. The lowest BCUT2D eigenvalue weighted by Crippen LogP contribution is -2.27. The maximum absolute atomic E-state index is 12.0. The monoisotopic (exact) mass is 306 g/mol. The van der Waals surface area contributed by atoms with Gasteiger partial charge in [-0.15, -0.1) is 0 Å². The quantitative estimate of drug-likeness (QED) is 0.400. The molecule has 118 valence electrons. The van der Waals surface area contributed by atoms with Crippen LogP contribution in [0, 0.1) is 0 Å². The third-order valence-electron chi connectivity index (χ3n) is 2.71. The number of carbonyl (C=O) groups excluding carboxylic acids is 1. The normalized spacial score (nSPS) is 17.3. The van der Waals surface area contributed by atoms with Gasteiger partial charge in [0.15, 0.2) is 11.5 Å². The van der Waals surface area contributed by atoms with E-state index < -0.39 is 23.1 Å². The predicted octanol–water partition coefficient (Wildman–Crippen LogP) is 2.61. The van der Waals surface area contributed by atoms with Gasteiger partial charge in [-0.2, -0.15) is 0 Å². The minimum Gasteiger partial charge on any atom is -0.477 e. The first kappa shape index (κ1) is 15.9. The first-order valence-electron chi connectivity index (χ1n) is 6.81. The molecule has 0 spiro atoms. The fraction of sp³-hybridized carbons (Fsp3) is 0.375. The topological polar surface area (TPSA) is 82.1 Å². The molecule has 0 bridgehead atoms. The van der Waals surface area contributed by atoms with Crippen molar-refractivity contribution in [3.8, 4) is 11.5 Å². The molecule has 2 rings (SSSR count). The van der Waals surface area contributed by atoms with E-state index in [1.165, 1.54) is 6.08 Å². The molecule has 1 heterocycles. The second-order valence-corrected chi connectivity index (χ2v) is 5.87. The van der Waals surface area contributed by atoms with Crippen LogP contribution in [0.1, 0.15) is 33.3 Å². The smallest absolute Gasteiger partial charge is 0.346 e. The highest BCUT2D eigenvalue weighted by atomic mass is 16.7. The van der Waals surface area contributed by atoms with Gasteiger partial charge in [-0.05, 0) is 44.5 Å². The molecule has 22 heavy (non-hydrogen) atoms. The number of benzene rings is 1. The Labute approximate surface area is 128 Å². The number of ether oxygens (including phenoxy) is 3. The van der Waals surface area contributed by atoms with Crippen molar-refractivity contribution in [3.63, 3.8) is 0 Å². The first-order chi connectivity index (χ1) is 10.2. The number of hydrogen-bond donors (Lipinski definition) is 1. The standard InChI is InChI=1S/C16H18O6/c1-9-20-12-6-5-10(8-13(12)21-9)7-11(14(17)18)15(19)22-16(2,3)4/h5-9H,1-4H3,(H,17,18). The van der Waals surface area contributed by atoms with Gasteiger partial charge in [0.2, 0.25) is 6.29 Å². The number of esters is 1. The lowest BCUT2D eigenvalue weighted by Gasteiger charge is -2.19. The number of aliphatic carboxylic acids is 1. The van der Waals surface area contributed by atoms with E-state index in [0.717, 1.165) is 0 Å². The SMILES string of the molecule is CC1Oc2ccc(C=C(C(=O)O)C(=O)OC(C)(C)C)cc2O1. The second kappa shape index (κ2) is 5.71. The van der Waals surface area contributed by atoms with Gasteiger partial charge in [-0.25, -0.2) is 9.59 Å². The summed E-state index contributed by atoms with van der Waals surface area (Å²) < 4.78 is 15.9. The average Bonchev–Trinajstić information content (AvgIpc) is 2.72. The van der Waals surface area contributed by atoms with E-state index in [-0.39, 0.29) is 6.29 Å². The summed E-state index contributed by atoms with van der Waals surface area (Å²) in [6.07, 6.45) is 0.863. The van der Waals surface area contributed by atoms with Crippen LogP contribution in [0.2, 0.25) is 0 Å². The van der Waals surface area contributed by atoms with Crippen LogP contribution < -0.4 is 9.47 Å². The average molecular weight is 306 g/mol. The molecule has 1 aliphatic rings. The van der Waals surface area contributed by atoms with Gasteiger partial charge >= 0.3 is 11.9 Å². The molecule has 0 amide bonds. The van der Waals surface area contributed by atoms with Gasteiger partial charge in [-0.1, -0.05) is 6.07 Å². The van der Waals surface area contributed by atoms with Gasteiger partial charge in [0.1, 0.15) is 11.2 Å². The van der Waals surface area contributed by atoms with Crippen molar-refractivity contribution < 1.29 is 28.9 Å². The molecule has 1 aromatic rings. The van der Waals surface area contributed by atoms with E-state index in [1.807, 2.05) is 0 Å². The lowest BCUT2D eigenvalue weighted by molar-refractivity contribution is -0.152. The van der Waals surface area contributed by atoms with E-state index in [9.17, 15) is 14.7 Å². The van der Waals surface area contributed by atoms with Crippen LogP contribution in [-0.2, 0) is 14.3 Å². The summed E-state index contributed by atoms with van der Waals surface area (Å²) in [5, 5.41) is 9.21. The maximum atomic E-state index is 12.0. The van der Waals surface area contributed by atoms with Crippen LogP contribution in [-0.4, -0.2) is 28.9 Å². The third-order valence-corrected chi connectivity index (χ3v) is 2.71. The molecular formula is C16H18O6. The van der Waals surface area contributed by atoms with Crippen molar-refractivity contribution in [1.29, 1.82) is 0 Å². The molecule has 0 aromatic heterocycles. The number of carboxylic acid groups (broad SMARTS) is 1. The summed E-state index contributed by atoms with van der Waals surface area (Å²) in [5.74, 6) is -1.14. The van der Waals surface area contributed by atoms with Crippen LogP contribution in [0.4, 0.5) is 0 Å². The Bertz CT molecular complexity index is 639. The van der Waals surface area contributed by atoms with E-state index in [2.05, 4.69) is 0 Å². The van der Waals surface area contributed by atoms with Gasteiger partial charge in [0.05, 0.1) is 0 Å². The van der Waals surface area contributed by atoms with Crippen LogP contribution >= 0.6 is 0 Å². The molecule has 1 aromatic carbocycles. The molecular weight excluding hydrogens is 288 g/mol. The second-order valence-electron chi connectivity index (χ2n) is 5.87. The highest BCUT2D eigenvalue weighted by Gasteiger charge is 2.25. The molecule has 1 unspecified atom stereocenters. The Morgan fingerprint density at radius 2 is 1.86 bits per heavy atom. The molecule has 6 nitrogen and oxygen atoms in total. The highest BCUT2D eigenvalue weighted by molar-refractivity contribution is 6.17. The Kier molecular flexibility index (Phi) is 4.12.